The first kappa shape index (κ1) is 25.7. The van der Waals surface area contributed by atoms with Crippen LogP contribution in [0.3, 0.4) is 0 Å². The Bertz CT molecular complexity index is 660. The number of amides is 1. The average molecular weight is 431 g/mol. The second kappa shape index (κ2) is 14.6. The highest BCUT2D eigenvalue weighted by molar-refractivity contribution is 5.84. The Labute approximate surface area is 173 Å². The van der Waals surface area contributed by atoms with Crippen LogP contribution in [0, 0.1) is 11.8 Å². The van der Waals surface area contributed by atoms with Crippen molar-refractivity contribution in [1.82, 2.24) is 10.8 Å². The van der Waals surface area contributed by atoms with Gasteiger partial charge in [0.25, 0.3) is 0 Å². The smallest absolute Gasteiger partial charge is 0.307 e. The van der Waals surface area contributed by atoms with Gasteiger partial charge in [-0.2, -0.15) is 11.4 Å². The maximum absolute atomic E-state index is 12.5. The summed E-state index contributed by atoms with van der Waals surface area (Å²) < 4.78 is 0. The lowest BCUT2D eigenvalue weighted by atomic mass is 9.85. The van der Waals surface area contributed by atoms with Crippen molar-refractivity contribution in [2.45, 2.75) is 39.4 Å². The summed E-state index contributed by atoms with van der Waals surface area (Å²) in [4.78, 5) is 41.9. The molecule has 0 spiro atoms. The first-order chi connectivity index (χ1) is 14.4. The number of phenolic OH excluding ortho intramolecular Hbond substituents is 1. The number of phenols is 1. The van der Waals surface area contributed by atoms with Crippen molar-refractivity contribution in [3.8, 4) is 5.75 Å². The lowest BCUT2D eigenvalue weighted by Crippen LogP contribution is -2.42. The van der Waals surface area contributed by atoms with Gasteiger partial charge < -0.3 is 15.5 Å². The standard InChI is InChI=1S/C18H29N3O9/c1-2-15(18(24)25)16(4-3-7-29-30-19)17(23)20-11-21-27-9-12-5-6-14(22)8-13(12)10-28-26/h5-6,8,15-16,21-22,26H,2-4,7,9-11,19H2,1H3,(H,20,23)(H,24,25). The molecule has 0 aromatic heterocycles. The van der Waals surface area contributed by atoms with Gasteiger partial charge in [-0.15, -0.1) is 4.99 Å². The van der Waals surface area contributed by atoms with Crippen LogP contribution in [0.1, 0.15) is 37.3 Å². The lowest BCUT2D eigenvalue weighted by molar-refractivity contribution is -0.300. The molecular formula is C18H29N3O9. The van der Waals surface area contributed by atoms with Crippen LogP contribution in [0.4, 0.5) is 0 Å². The number of nitrogens with two attached hydrogens (primary N) is 1. The van der Waals surface area contributed by atoms with Crippen LogP contribution in [0.2, 0.25) is 0 Å². The molecule has 170 valence electrons. The second-order valence-corrected chi connectivity index (χ2v) is 6.40. The molecular weight excluding hydrogens is 402 g/mol. The van der Waals surface area contributed by atoms with Crippen LogP contribution in [0.25, 0.3) is 0 Å². The van der Waals surface area contributed by atoms with E-state index < -0.39 is 23.7 Å². The minimum Gasteiger partial charge on any atom is -0.508 e. The van der Waals surface area contributed by atoms with Gasteiger partial charge in [-0.25, -0.2) is 9.78 Å². The predicted octanol–water partition coefficient (Wildman–Crippen LogP) is 0.806. The molecule has 0 heterocycles. The number of hydrogen-bond donors (Lipinski definition) is 6. The van der Waals surface area contributed by atoms with Gasteiger partial charge in [0.05, 0.1) is 31.7 Å². The molecule has 7 N–H and O–H groups in total. The van der Waals surface area contributed by atoms with Gasteiger partial charge in [-0.3, -0.25) is 19.7 Å². The summed E-state index contributed by atoms with van der Waals surface area (Å²) in [6.07, 6.45) is 0.959. The van der Waals surface area contributed by atoms with E-state index in [1.807, 2.05) is 0 Å². The first-order valence-corrected chi connectivity index (χ1v) is 9.35. The van der Waals surface area contributed by atoms with Gasteiger partial charge in [-0.1, -0.05) is 13.0 Å². The monoisotopic (exact) mass is 431 g/mol. The van der Waals surface area contributed by atoms with Crippen molar-refractivity contribution in [2.24, 2.45) is 17.7 Å². The number of nitrogens with one attached hydrogen (secondary N) is 2. The van der Waals surface area contributed by atoms with Crippen molar-refractivity contribution >= 4 is 11.9 Å². The SMILES string of the molecule is CCC(C(=O)O)C(CCCOON)C(=O)NCNOCc1ccc(O)cc1COO. The van der Waals surface area contributed by atoms with E-state index in [2.05, 4.69) is 25.6 Å². The van der Waals surface area contributed by atoms with E-state index in [0.717, 1.165) is 0 Å². The zero-order chi connectivity index (χ0) is 22.4. The molecule has 0 bridgehead atoms. The van der Waals surface area contributed by atoms with Crippen molar-refractivity contribution in [1.29, 1.82) is 0 Å². The number of hydrogen-bond acceptors (Lipinski definition) is 10. The fraction of sp³-hybridized carbons (Fsp3) is 0.556. The molecule has 0 aliphatic carbocycles. The zero-order valence-corrected chi connectivity index (χ0v) is 16.7. The number of aromatic hydroxyl groups is 1. The Morgan fingerprint density at radius 2 is 1.97 bits per heavy atom. The van der Waals surface area contributed by atoms with E-state index in [1.165, 1.54) is 12.1 Å². The zero-order valence-electron chi connectivity index (χ0n) is 16.7. The highest BCUT2D eigenvalue weighted by Crippen LogP contribution is 2.22. The molecule has 12 nitrogen and oxygen atoms in total. The van der Waals surface area contributed by atoms with Crippen LogP contribution in [0.5, 0.6) is 5.75 Å². The fourth-order valence-corrected chi connectivity index (χ4v) is 2.95. The summed E-state index contributed by atoms with van der Waals surface area (Å²) in [5.41, 5.74) is 3.74. The highest BCUT2D eigenvalue weighted by Gasteiger charge is 2.31. The van der Waals surface area contributed by atoms with Crippen molar-refractivity contribution < 1.29 is 44.7 Å². The summed E-state index contributed by atoms with van der Waals surface area (Å²) in [5, 5.41) is 30.1. The molecule has 0 saturated carbocycles. The minimum atomic E-state index is -1.05. The van der Waals surface area contributed by atoms with E-state index in [1.54, 1.807) is 13.0 Å². The largest absolute Gasteiger partial charge is 0.508 e. The Kier molecular flexibility index (Phi) is 12.5. The van der Waals surface area contributed by atoms with Crippen LogP contribution in [-0.2, 0) is 42.4 Å². The molecule has 1 amide bonds. The number of carboxylic acid groups (broad SMARTS) is 1. The molecule has 0 aliphatic heterocycles. The number of carbonyl (C=O) groups excluding carboxylic acids is 1. The van der Waals surface area contributed by atoms with Crippen molar-refractivity contribution in [3.05, 3.63) is 29.3 Å². The van der Waals surface area contributed by atoms with E-state index in [-0.39, 0.29) is 38.7 Å². The topological polar surface area (TPSA) is 182 Å². The molecule has 1 aromatic rings. The molecule has 0 saturated heterocycles. The van der Waals surface area contributed by atoms with Gasteiger partial charge in [0, 0.05) is 0 Å². The van der Waals surface area contributed by atoms with Gasteiger partial charge in [0.2, 0.25) is 5.91 Å². The Morgan fingerprint density at radius 1 is 1.20 bits per heavy atom. The molecule has 2 atom stereocenters. The van der Waals surface area contributed by atoms with Gasteiger partial charge in [0.1, 0.15) is 12.4 Å². The third kappa shape index (κ3) is 9.00. The summed E-state index contributed by atoms with van der Waals surface area (Å²) in [6, 6.07) is 4.49. The van der Waals surface area contributed by atoms with Gasteiger partial charge >= 0.3 is 5.97 Å². The van der Waals surface area contributed by atoms with Crippen LogP contribution < -0.4 is 16.7 Å². The van der Waals surface area contributed by atoms with Crippen LogP contribution >= 0.6 is 0 Å². The van der Waals surface area contributed by atoms with Crippen molar-refractivity contribution in [2.75, 3.05) is 13.3 Å². The summed E-state index contributed by atoms with van der Waals surface area (Å²) in [7, 11) is 0. The molecule has 0 fully saturated rings. The number of carbonyl (C=O) groups is 2. The number of hydroxylamine groups is 1. The minimum absolute atomic E-state index is 0.0180. The quantitative estimate of drug-likeness (QED) is 0.0942. The van der Waals surface area contributed by atoms with E-state index in [9.17, 15) is 19.8 Å². The third-order valence-corrected chi connectivity index (χ3v) is 4.46. The fourth-order valence-electron chi connectivity index (χ4n) is 2.95. The second-order valence-electron chi connectivity index (χ2n) is 6.40. The van der Waals surface area contributed by atoms with Gasteiger partial charge in [-0.05, 0) is 42.5 Å². The summed E-state index contributed by atoms with van der Waals surface area (Å²) >= 11 is 0. The van der Waals surface area contributed by atoms with E-state index in [0.29, 0.717) is 24.0 Å². The number of benzene rings is 1. The molecule has 0 aliphatic rings. The molecule has 0 radical (unpaired) electrons. The molecule has 1 rings (SSSR count). The summed E-state index contributed by atoms with van der Waals surface area (Å²) in [6.45, 7) is 1.71. The van der Waals surface area contributed by atoms with Crippen LogP contribution in [0.15, 0.2) is 18.2 Å². The van der Waals surface area contributed by atoms with E-state index in [4.69, 9.17) is 16.0 Å². The van der Waals surface area contributed by atoms with Gasteiger partial charge in [0.15, 0.2) is 0 Å². The first-order valence-electron chi connectivity index (χ1n) is 9.35. The van der Waals surface area contributed by atoms with E-state index >= 15 is 0 Å². The number of carboxylic acids is 1. The molecule has 30 heavy (non-hydrogen) atoms. The third-order valence-electron chi connectivity index (χ3n) is 4.46. The number of rotatable bonds is 16. The summed E-state index contributed by atoms with van der Waals surface area (Å²) in [5.74, 6) is 1.68. The predicted molar refractivity (Wildman–Crippen MR) is 102 cm³/mol. The molecule has 2 unspecified atom stereocenters. The maximum atomic E-state index is 12.5. The number of aliphatic carboxylic acids is 1. The molecule has 1 aromatic carbocycles. The molecule has 12 heteroatoms. The Hall–Kier alpha value is -2.32. The Balaban J connectivity index is 2.51. The lowest BCUT2D eigenvalue weighted by Gasteiger charge is -2.22. The Morgan fingerprint density at radius 3 is 2.60 bits per heavy atom. The van der Waals surface area contributed by atoms with Crippen molar-refractivity contribution in [3.63, 3.8) is 0 Å². The maximum Gasteiger partial charge on any atom is 0.307 e. The normalized spacial score (nSPS) is 13.0. The highest BCUT2D eigenvalue weighted by atomic mass is 17.3. The van der Waals surface area contributed by atoms with Crippen LogP contribution in [-0.4, -0.2) is 40.6 Å². The average Bonchev–Trinajstić information content (AvgIpc) is 2.71.